The summed E-state index contributed by atoms with van der Waals surface area (Å²) < 4.78 is 26.3. The summed E-state index contributed by atoms with van der Waals surface area (Å²) in [6.45, 7) is 3.59. The molecule has 1 heterocycles. The van der Waals surface area contributed by atoms with Crippen molar-refractivity contribution in [3.8, 4) is 0 Å². The maximum Gasteiger partial charge on any atom is 0.270 e. The van der Waals surface area contributed by atoms with Gasteiger partial charge in [0.05, 0.1) is 9.95 Å². The van der Waals surface area contributed by atoms with E-state index < -0.39 is 14.9 Å². The van der Waals surface area contributed by atoms with E-state index in [0.717, 1.165) is 16.1 Å². The van der Waals surface area contributed by atoms with E-state index in [1.165, 1.54) is 18.5 Å². The summed E-state index contributed by atoms with van der Waals surface area (Å²) in [7, 11) is -4.04. The SMILES string of the molecule is CC(C)c1nccn1S(=O)(=O)c1cc([N+](=O)[O-])ccc1Cl. The first kappa shape index (κ1) is 15.5. The van der Waals surface area contributed by atoms with Gasteiger partial charge < -0.3 is 0 Å². The minimum atomic E-state index is -4.04. The monoisotopic (exact) mass is 329 g/mol. The van der Waals surface area contributed by atoms with Gasteiger partial charge in [-0.05, 0) is 6.07 Å². The van der Waals surface area contributed by atoms with Gasteiger partial charge >= 0.3 is 0 Å². The fraction of sp³-hybridized carbons (Fsp3) is 0.250. The summed E-state index contributed by atoms with van der Waals surface area (Å²) in [4.78, 5) is 13.8. The van der Waals surface area contributed by atoms with Crippen molar-refractivity contribution < 1.29 is 13.3 Å². The highest BCUT2D eigenvalue weighted by molar-refractivity contribution is 7.90. The highest BCUT2D eigenvalue weighted by atomic mass is 35.5. The Balaban J connectivity index is 2.67. The van der Waals surface area contributed by atoms with E-state index in [4.69, 9.17) is 11.6 Å². The molecule has 0 amide bonds. The lowest BCUT2D eigenvalue weighted by Crippen LogP contribution is -2.16. The molecule has 0 aliphatic rings. The van der Waals surface area contributed by atoms with Crippen LogP contribution in [0.15, 0.2) is 35.5 Å². The fourth-order valence-electron chi connectivity index (χ4n) is 1.82. The van der Waals surface area contributed by atoms with Gasteiger partial charge in [-0.25, -0.2) is 17.4 Å². The second kappa shape index (κ2) is 5.45. The maximum atomic E-state index is 12.6. The van der Waals surface area contributed by atoms with Gasteiger partial charge in [-0.3, -0.25) is 10.1 Å². The number of nitrogens with zero attached hydrogens (tertiary/aromatic N) is 3. The molecular formula is C12H12ClN3O4S. The Morgan fingerprint density at radius 1 is 1.38 bits per heavy atom. The van der Waals surface area contributed by atoms with E-state index in [1.807, 2.05) is 0 Å². The van der Waals surface area contributed by atoms with Crippen molar-refractivity contribution in [2.45, 2.75) is 24.7 Å². The summed E-state index contributed by atoms with van der Waals surface area (Å²) in [5.74, 6) is 0.199. The molecule has 0 saturated carbocycles. The minimum Gasteiger partial charge on any atom is -0.258 e. The van der Waals surface area contributed by atoms with Crippen molar-refractivity contribution in [3.05, 3.63) is 51.6 Å². The van der Waals surface area contributed by atoms with Crippen molar-refractivity contribution in [2.24, 2.45) is 0 Å². The van der Waals surface area contributed by atoms with Crippen LogP contribution in [0, 0.1) is 10.1 Å². The molecule has 0 aliphatic carbocycles. The first-order chi connectivity index (χ1) is 9.75. The second-order valence-corrected chi connectivity index (χ2v) is 6.80. The highest BCUT2D eigenvalue weighted by Gasteiger charge is 2.26. The third kappa shape index (κ3) is 2.77. The molecule has 0 unspecified atom stereocenters. The Labute approximate surface area is 126 Å². The van der Waals surface area contributed by atoms with E-state index in [0.29, 0.717) is 5.82 Å². The number of aromatic nitrogens is 2. The Morgan fingerprint density at radius 3 is 2.62 bits per heavy atom. The fourth-order valence-corrected chi connectivity index (χ4v) is 3.74. The molecule has 0 atom stereocenters. The summed E-state index contributed by atoms with van der Waals surface area (Å²) in [6, 6.07) is 3.29. The van der Waals surface area contributed by atoms with Crippen LogP contribution in [-0.4, -0.2) is 22.3 Å². The number of non-ortho nitro benzene ring substituents is 1. The molecule has 2 aromatic rings. The quantitative estimate of drug-likeness (QED) is 0.635. The van der Waals surface area contributed by atoms with Crippen LogP contribution in [0.1, 0.15) is 25.6 Å². The number of imidazole rings is 1. The van der Waals surface area contributed by atoms with Crippen LogP contribution in [0.4, 0.5) is 5.69 Å². The molecule has 2 rings (SSSR count). The molecule has 1 aromatic heterocycles. The first-order valence-corrected chi connectivity index (χ1v) is 7.79. The molecular weight excluding hydrogens is 318 g/mol. The summed E-state index contributed by atoms with van der Waals surface area (Å²) >= 11 is 5.90. The van der Waals surface area contributed by atoms with Gasteiger partial charge in [0, 0.05) is 30.4 Å². The number of hydrogen-bond donors (Lipinski definition) is 0. The van der Waals surface area contributed by atoms with Gasteiger partial charge in [0.15, 0.2) is 0 Å². The summed E-state index contributed by atoms with van der Waals surface area (Å²) in [5.41, 5.74) is -0.343. The van der Waals surface area contributed by atoms with E-state index >= 15 is 0 Å². The molecule has 112 valence electrons. The largest absolute Gasteiger partial charge is 0.270 e. The molecule has 7 nitrogen and oxygen atoms in total. The van der Waals surface area contributed by atoms with Gasteiger partial charge in [-0.15, -0.1) is 0 Å². The summed E-state index contributed by atoms with van der Waals surface area (Å²) in [6.07, 6.45) is 2.65. The lowest BCUT2D eigenvalue weighted by molar-refractivity contribution is -0.385. The molecule has 1 aromatic carbocycles. The lowest BCUT2D eigenvalue weighted by atomic mass is 10.2. The number of benzene rings is 1. The van der Waals surface area contributed by atoms with Gasteiger partial charge in [-0.2, -0.15) is 0 Å². The zero-order valence-corrected chi connectivity index (χ0v) is 12.8. The summed E-state index contributed by atoms with van der Waals surface area (Å²) in [5, 5.41) is 10.7. The van der Waals surface area contributed by atoms with Crippen LogP contribution >= 0.6 is 11.6 Å². The smallest absolute Gasteiger partial charge is 0.258 e. The highest BCUT2D eigenvalue weighted by Crippen LogP contribution is 2.29. The molecule has 0 spiro atoms. The third-order valence-electron chi connectivity index (χ3n) is 2.81. The van der Waals surface area contributed by atoms with Gasteiger partial charge in [-0.1, -0.05) is 25.4 Å². The Bertz CT molecular complexity index is 799. The zero-order chi connectivity index (χ0) is 15.8. The number of hydrogen-bond acceptors (Lipinski definition) is 5. The topological polar surface area (TPSA) is 95.1 Å². The molecule has 0 fully saturated rings. The molecule has 0 aliphatic heterocycles. The molecule has 0 N–H and O–H groups in total. The van der Waals surface area contributed by atoms with Crippen LogP contribution in [0.3, 0.4) is 0 Å². The van der Waals surface area contributed by atoms with E-state index in [1.54, 1.807) is 13.8 Å². The number of rotatable bonds is 4. The van der Waals surface area contributed by atoms with Crippen LogP contribution < -0.4 is 0 Å². The predicted molar refractivity (Wildman–Crippen MR) is 77.0 cm³/mol. The molecule has 9 heteroatoms. The van der Waals surface area contributed by atoms with Crippen LogP contribution in [0.25, 0.3) is 0 Å². The number of nitro groups is 1. The maximum absolute atomic E-state index is 12.6. The third-order valence-corrected chi connectivity index (χ3v) is 4.98. The molecule has 21 heavy (non-hydrogen) atoms. The van der Waals surface area contributed by atoms with Gasteiger partial charge in [0.2, 0.25) is 0 Å². The molecule has 0 radical (unpaired) electrons. The number of halogens is 1. The van der Waals surface area contributed by atoms with E-state index in [9.17, 15) is 18.5 Å². The number of nitro benzene ring substituents is 1. The van der Waals surface area contributed by atoms with Gasteiger partial charge in [0.1, 0.15) is 10.7 Å². The van der Waals surface area contributed by atoms with E-state index in [2.05, 4.69) is 4.98 Å². The lowest BCUT2D eigenvalue weighted by Gasteiger charge is -2.12. The first-order valence-electron chi connectivity index (χ1n) is 5.98. The van der Waals surface area contributed by atoms with Crippen molar-refractivity contribution >= 4 is 27.3 Å². The predicted octanol–water partition coefficient (Wildman–Crippen LogP) is 2.81. The molecule has 0 saturated heterocycles. The van der Waals surface area contributed by atoms with Crippen LogP contribution in [0.5, 0.6) is 0 Å². The van der Waals surface area contributed by atoms with Gasteiger partial charge in [0.25, 0.3) is 15.7 Å². The van der Waals surface area contributed by atoms with E-state index in [-0.39, 0.29) is 21.5 Å². The normalized spacial score (nSPS) is 11.8. The van der Waals surface area contributed by atoms with Crippen LogP contribution in [-0.2, 0) is 10.0 Å². The van der Waals surface area contributed by atoms with Crippen LogP contribution in [0.2, 0.25) is 5.02 Å². The Morgan fingerprint density at radius 2 is 2.05 bits per heavy atom. The van der Waals surface area contributed by atoms with Crippen molar-refractivity contribution in [1.82, 2.24) is 8.96 Å². The Kier molecular flexibility index (Phi) is 4.02. The van der Waals surface area contributed by atoms with Crippen molar-refractivity contribution in [1.29, 1.82) is 0 Å². The zero-order valence-electron chi connectivity index (χ0n) is 11.2. The average Bonchev–Trinajstić information content (AvgIpc) is 2.88. The van der Waals surface area contributed by atoms with Crippen molar-refractivity contribution in [3.63, 3.8) is 0 Å². The standard InChI is InChI=1S/C12H12ClN3O4S/c1-8(2)12-14-5-6-15(12)21(19,20)11-7-9(16(17)18)3-4-10(11)13/h3-8H,1-2H3. The minimum absolute atomic E-state index is 0.0796. The molecule has 0 bridgehead atoms. The Hall–Kier alpha value is -1.93. The average molecular weight is 330 g/mol. The second-order valence-electron chi connectivity index (χ2n) is 4.61. The van der Waals surface area contributed by atoms with Crippen molar-refractivity contribution in [2.75, 3.05) is 0 Å².